The minimum absolute atomic E-state index is 0.0495. The van der Waals surface area contributed by atoms with Crippen molar-refractivity contribution in [1.82, 2.24) is 20.3 Å². The van der Waals surface area contributed by atoms with Crippen LogP contribution in [0, 0.1) is 0 Å². The molecule has 2 aliphatic rings. The zero-order chi connectivity index (χ0) is 9.71. The van der Waals surface area contributed by atoms with E-state index in [9.17, 15) is 4.79 Å². The van der Waals surface area contributed by atoms with Gasteiger partial charge in [0.2, 0.25) is 5.91 Å². The lowest BCUT2D eigenvalue weighted by Crippen LogP contribution is -2.64. The smallest absolute Gasteiger partial charge is 0.243 e. The van der Waals surface area contributed by atoms with Gasteiger partial charge in [-0.3, -0.25) is 4.79 Å². The SMILES string of the molecule is NC1C(=O)N2CC(c3cn[nH]n3)S[C@H]12. The molecule has 0 aliphatic carbocycles. The van der Waals surface area contributed by atoms with Crippen molar-refractivity contribution in [2.75, 3.05) is 6.54 Å². The van der Waals surface area contributed by atoms with E-state index in [2.05, 4.69) is 15.4 Å². The molecule has 1 amide bonds. The summed E-state index contributed by atoms with van der Waals surface area (Å²) in [5.41, 5.74) is 6.56. The van der Waals surface area contributed by atoms with Crippen LogP contribution in [0.1, 0.15) is 10.9 Å². The van der Waals surface area contributed by atoms with Gasteiger partial charge in [0.05, 0.1) is 17.1 Å². The van der Waals surface area contributed by atoms with Crippen molar-refractivity contribution in [3.8, 4) is 0 Å². The molecule has 3 heterocycles. The van der Waals surface area contributed by atoms with E-state index < -0.39 is 0 Å². The number of thioether (sulfide) groups is 1. The predicted octanol–water partition coefficient (Wildman–Crippen LogP) is -0.912. The lowest BCUT2D eigenvalue weighted by Gasteiger charge is -2.38. The van der Waals surface area contributed by atoms with Crippen molar-refractivity contribution >= 4 is 17.7 Å². The Bertz CT molecular complexity index is 366. The number of carbonyl (C=O) groups excluding carboxylic acids is 1. The molecule has 0 radical (unpaired) electrons. The Balaban J connectivity index is 1.80. The second-order valence-electron chi connectivity index (χ2n) is 3.43. The molecule has 2 saturated heterocycles. The number of rotatable bonds is 1. The molecule has 2 fully saturated rings. The normalized spacial score (nSPS) is 35.6. The van der Waals surface area contributed by atoms with Gasteiger partial charge in [-0.2, -0.15) is 15.4 Å². The Morgan fingerprint density at radius 2 is 2.57 bits per heavy atom. The van der Waals surface area contributed by atoms with E-state index in [-0.39, 0.29) is 22.6 Å². The summed E-state index contributed by atoms with van der Waals surface area (Å²) in [6.45, 7) is 0.703. The van der Waals surface area contributed by atoms with Gasteiger partial charge >= 0.3 is 0 Å². The van der Waals surface area contributed by atoms with Crippen LogP contribution in [0.25, 0.3) is 0 Å². The summed E-state index contributed by atoms with van der Waals surface area (Å²) in [6.07, 6.45) is 1.69. The first-order valence-electron chi connectivity index (χ1n) is 4.34. The van der Waals surface area contributed by atoms with Gasteiger partial charge in [-0.25, -0.2) is 0 Å². The van der Waals surface area contributed by atoms with Crippen molar-refractivity contribution in [3.63, 3.8) is 0 Å². The summed E-state index contributed by atoms with van der Waals surface area (Å²) in [5, 5.41) is 10.7. The maximum absolute atomic E-state index is 11.3. The molecule has 0 saturated carbocycles. The lowest BCUT2D eigenvalue weighted by molar-refractivity contribution is -0.143. The highest BCUT2D eigenvalue weighted by molar-refractivity contribution is 8.00. The van der Waals surface area contributed by atoms with E-state index in [1.165, 1.54) is 0 Å². The molecule has 14 heavy (non-hydrogen) atoms. The van der Waals surface area contributed by atoms with E-state index in [4.69, 9.17) is 5.73 Å². The Hall–Kier alpha value is -1.08. The van der Waals surface area contributed by atoms with Gasteiger partial charge in [-0.05, 0) is 0 Å². The summed E-state index contributed by atoms with van der Waals surface area (Å²) in [5.74, 6) is 0.0495. The van der Waals surface area contributed by atoms with Gasteiger partial charge in [0.25, 0.3) is 0 Å². The second-order valence-corrected chi connectivity index (χ2v) is 4.75. The molecule has 2 aliphatic heterocycles. The third-order valence-corrected chi connectivity index (χ3v) is 4.16. The fourth-order valence-electron chi connectivity index (χ4n) is 1.82. The summed E-state index contributed by atoms with van der Waals surface area (Å²) in [7, 11) is 0. The molecule has 1 aromatic rings. The Labute approximate surface area is 84.2 Å². The molecular weight excluding hydrogens is 202 g/mol. The van der Waals surface area contributed by atoms with Gasteiger partial charge in [0.15, 0.2) is 0 Å². The third kappa shape index (κ3) is 0.934. The van der Waals surface area contributed by atoms with E-state index in [0.29, 0.717) is 6.54 Å². The first kappa shape index (κ1) is 8.25. The van der Waals surface area contributed by atoms with Gasteiger partial charge in [0.1, 0.15) is 11.4 Å². The topological polar surface area (TPSA) is 87.9 Å². The van der Waals surface area contributed by atoms with Crippen LogP contribution in [-0.4, -0.2) is 44.2 Å². The molecule has 7 heteroatoms. The Morgan fingerprint density at radius 3 is 3.21 bits per heavy atom. The van der Waals surface area contributed by atoms with Crippen molar-refractivity contribution < 1.29 is 4.79 Å². The highest BCUT2D eigenvalue weighted by Gasteiger charge is 2.52. The quantitative estimate of drug-likeness (QED) is 0.587. The zero-order valence-corrected chi connectivity index (χ0v) is 8.07. The van der Waals surface area contributed by atoms with Crippen LogP contribution in [0.4, 0.5) is 0 Å². The average molecular weight is 211 g/mol. The molecule has 0 spiro atoms. The number of hydrogen-bond acceptors (Lipinski definition) is 5. The van der Waals surface area contributed by atoms with Crippen molar-refractivity contribution in [2.45, 2.75) is 16.7 Å². The van der Waals surface area contributed by atoms with E-state index in [0.717, 1.165) is 5.69 Å². The van der Waals surface area contributed by atoms with Crippen LogP contribution in [0.15, 0.2) is 6.20 Å². The minimum Gasteiger partial charge on any atom is -0.326 e. The fourth-order valence-corrected chi connectivity index (χ4v) is 3.28. The van der Waals surface area contributed by atoms with Crippen molar-refractivity contribution in [3.05, 3.63) is 11.9 Å². The second kappa shape index (κ2) is 2.71. The number of nitrogens with zero attached hydrogens (tertiary/aromatic N) is 3. The molecule has 74 valence electrons. The first-order chi connectivity index (χ1) is 6.77. The molecule has 3 atom stereocenters. The maximum Gasteiger partial charge on any atom is 0.243 e. The highest BCUT2D eigenvalue weighted by Crippen LogP contribution is 2.46. The van der Waals surface area contributed by atoms with E-state index >= 15 is 0 Å². The number of H-pyrrole nitrogens is 1. The standard InChI is InChI=1S/C7H9N5OS/c8-5-6(13)12-2-4(14-7(5)12)3-1-9-11-10-3/h1,4-5,7H,2,8H2,(H,9,10,11)/t4?,5?,7-/m1/s1. The minimum atomic E-state index is -0.322. The van der Waals surface area contributed by atoms with Gasteiger partial charge in [-0.1, -0.05) is 0 Å². The number of β-lactam (4-membered cyclic amide) rings is 1. The van der Waals surface area contributed by atoms with Crippen LogP contribution in [-0.2, 0) is 4.79 Å². The Morgan fingerprint density at radius 1 is 1.71 bits per heavy atom. The highest BCUT2D eigenvalue weighted by atomic mass is 32.2. The van der Waals surface area contributed by atoms with Gasteiger partial charge < -0.3 is 10.6 Å². The maximum atomic E-state index is 11.3. The molecule has 3 rings (SSSR count). The summed E-state index contributed by atoms with van der Waals surface area (Å²) in [6, 6.07) is -0.322. The summed E-state index contributed by atoms with van der Waals surface area (Å²) in [4.78, 5) is 13.1. The largest absolute Gasteiger partial charge is 0.326 e. The Kier molecular flexibility index (Phi) is 1.59. The zero-order valence-electron chi connectivity index (χ0n) is 7.25. The van der Waals surface area contributed by atoms with E-state index in [1.54, 1.807) is 22.9 Å². The summed E-state index contributed by atoms with van der Waals surface area (Å²) >= 11 is 1.69. The summed E-state index contributed by atoms with van der Waals surface area (Å²) < 4.78 is 0. The number of hydrogen-bond donors (Lipinski definition) is 2. The lowest BCUT2D eigenvalue weighted by atomic mass is 10.1. The fraction of sp³-hybridized carbons (Fsp3) is 0.571. The molecule has 3 N–H and O–H groups in total. The molecule has 1 aromatic heterocycles. The number of amides is 1. The van der Waals surface area contributed by atoms with Crippen molar-refractivity contribution in [2.24, 2.45) is 5.73 Å². The number of fused-ring (bicyclic) bond motifs is 1. The number of nitrogens with two attached hydrogens (primary N) is 1. The number of nitrogens with one attached hydrogen (secondary N) is 1. The van der Waals surface area contributed by atoms with Crippen LogP contribution < -0.4 is 5.73 Å². The van der Waals surface area contributed by atoms with Crippen LogP contribution >= 0.6 is 11.8 Å². The molecular formula is C7H9N5OS. The first-order valence-corrected chi connectivity index (χ1v) is 5.29. The van der Waals surface area contributed by atoms with E-state index in [1.807, 2.05) is 0 Å². The van der Waals surface area contributed by atoms with Gasteiger partial charge in [0, 0.05) is 6.54 Å². The molecule has 0 bridgehead atoms. The van der Waals surface area contributed by atoms with Crippen LogP contribution in [0.3, 0.4) is 0 Å². The third-order valence-electron chi connectivity index (χ3n) is 2.61. The molecule has 0 aromatic carbocycles. The van der Waals surface area contributed by atoms with Crippen LogP contribution in [0.2, 0.25) is 0 Å². The number of aromatic nitrogens is 3. The number of aromatic amines is 1. The predicted molar refractivity (Wildman–Crippen MR) is 50.2 cm³/mol. The molecule has 6 nitrogen and oxygen atoms in total. The molecule has 2 unspecified atom stereocenters. The average Bonchev–Trinajstić information content (AvgIpc) is 2.84. The van der Waals surface area contributed by atoms with Gasteiger partial charge in [-0.15, -0.1) is 11.8 Å². The monoisotopic (exact) mass is 211 g/mol. The van der Waals surface area contributed by atoms with Crippen molar-refractivity contribution in [1.29, 1.82) is 0 Å². The van der Waals surface area contributed by atoms with Crippen LogP contribution in [0.5, 0.6) is 0 Å². The number of carbonyl (C=O) groups is 1.